The summed E-state index contributed by atoms with van der Waals surface area (Å²) < 4.78 is 4.65. The van der Waals surface area contributed by atoms with Gasteiger partial charge in [0.25, 0.3) is 0 Å². The van der Waals surface area contributed by atoms with E-state index in [4.69, 9.17) is 5.73 Å². The number of halogens is 1. The van der Waals surface area contributed by atoms with Crippen molar-refractivity contribution in [3.63, 3.8) is 0 Å². The molecule has 1 aliphatic rings. The Balaban J connectivity index is 0.00000196. The van der Waals surface area contributed by atoms with Crippen LogP contribution in [0.1, 0.15) is 44.9 Å². The van der Waals surface area contributed by atoms with Crippen molar-refractivity contribution in [3.8, 4) is 0 Å². The molecule has 0 aliphatic heterocycles. The van der Waals surface area contributed by atoms with Crippen LogP contribution < -0.4 is 5.73 Å². The Hall–Kier alpha value is -0.280. The molecule has 90 valence electrons. The van der Waals surface area contributed by atoms with Crippen LogP contribution in [0.25, 0.3) is 0 Å². The Bertz CT molecular complexity index is 191. The van der Waals surface area contributed by atoms with Crippen LogP contribution in [0.15, 0.2) is 0 Å². The van der Waals surface area contributed by atoms with Gasteiger partial charge in [0, 0.05) is 6.42 Å². The number of esters is 1. The van der Waals surface area contributed by atoms with E-state index in [0.29, 0.717) is 13.0 Å². The minimum absolute atomic E-state index is 0. The molecule has 0 heterocycles. The summed E-state index contributed by atoms with van der Waals surface area (Å²) in [4.78, 5) is 11.0. The lowest BCUT2D eigenvalue weighted by Gasteiger charge is -2.36. The standard InChI is InChI=1S/C11H21NO2.ClH/c1-14-10(13)5-8-11(9-12)6-3-2-4-7-11;/h2-9,12H2,1H3;1H. The van der Waals surface area contributed by atoms with Gasteiger partial charge in [0.05, 0.1) is 7.11 Å². The molecule has 0 saturated heterocycles. The van der Waals surface area contributed by atoms with Crippen LogP contribution in [0, 0.1) is 5.41 Å². The number of ether oxygens (including phenoxy) is 1. The predicted octanol–water partition coefficient (Wildman–Crippen LogP) is 2.27. The highest BCUT2D eigenvalue weighted by molar-refractivity contribution is 5.85. The van der Waals surface area contributed by atoms with Crippen LogP contribution >= 0.6 is 12.4 Å². The van der Waals surface area contributed by atoms with Crippen LogP contribution in [0.2, 0.25) is 0 Å². The molecule has 3 nitrogen and oxygen atoms in total. The first-order chi connectivity index (χ1) is 6.72. The molecule has 0 aromatic heterocycles. The lowest BCUT2D eigenvalue weighted by atomic mass is 9.71. The van der Waals surface area contributed by atoms with Crippen molar-refractivity contribution in [1.82, 2.24) is 0 Å². The molecule has 2 N–H and O–H groups in total. The number of hydrogen-bond donors (Lipinski definition) is 1. The molecule has 0 amide bonds. The van der Waals surface area contributed by atoms with Gasteiger partial charge in [-0.3, -0.25) is 4.79 Å². The van der Waals surface area contributed by atoms with Crippen molar-refractivity contribution in [3.05, 3.63) is 0 Å². The maximum absolute atomic E-state index is 11.0. The number of carbonyl (C=O) groups is 1. The summed E-state index contributed by atoms with van der Waals surface area (Å²) in [6.45, 7) is 0.712. The Morgan fingerprint density at radius 1 is 1.33 bits per heavy atom. The van der Waals surface area contributed by atoms with E-state index in [1.807, 2.05) is 0 Å². The van der Waals surface area contributed by atoms with Crippen molar-refractivity contribution in [2.75, 3.05) is 13.7 Å². The maximum atomic E-state index is 11.0. The third-order valence-corrected chi connectivity index (χ3v) is 3.43. The Morgan fingerprint density at radius 3 is 2.40 bits per heavy atom. The lowest BCUT2D eigenvalue weighted by molar-refractivity contribution is -0.141. The highest BCUT2D eigenvalue weighted by atomic mass is 35.5. The van der Waals surface area contributed by atoms with Gasteiger partial charge in [0.15, 0.2) is 0 Å². The molecule has 0 bridgehead atoms. The zero-order valence-corrected chi connectivity index (χ0v) is 10.3. The first-order valence-corrected chi connectivity index (χ1v) is 5.49. The van der Waals surface area contributed by atoms with Crippen molar-refractivity contribution < 1.29 is 9.53 Å². The molecule has 4 heteroatoms. The summed E-state index contributed by atoms with van der Waals surface area (Å²) in [5.74, 6) is -0.108. The van der Waals surface area contributed by atoms with Gasteiger partial charge in [0.2, 0.25) is 0 Å². The van der Waals surface area contributed by atoms with Gasteiger partial charge in [-0.05, 0) is 31.2 Å². The number of methoxy groups -OCH3 is 1. The van der Waals surface area contributed by atoms with E-state index >= 15 is 0 Å². The van der Waals surface area contributed by atoms with E-state index in [2.05, 4.69) is 4.74 Å². The van der Waals surface area contributed by atoms with Gasteiger partial charge in [0.1, 0.15) is 0 Å². The minimum Gasteiger partial charge on any atom is -0.469 e. The second-order valence-corrected chi connectivity index (χ2v) is 4.34. The van der Waals surface area contributed by atoms with Gasteiger partial charge in [-0.25, -0.2) is 0 Å². The summed E-state index contributed by atoms with van der Waals surface area (Å²) in [6.07, 6.45) is 7.63. The molecule has 0 unspecified atom stereocenters. The fourth-order valence-electron chi connectivity index (χ4n) is 2.33. The molecule has 0 aromatic rings. The number of nitrogens with two attached hydrogens (primary N) is 1. The summed E-state index contributed by atoms with van der Waals surface area (Å²) in [5, 5.41) is 0. The molecule has 0 radical (unpaired) electrons. The van der Waals surface area contributed by atoms with E-state index in [1.165, 1.54) is 39.2 Å². The Morgan fingerprint density at radius 2 is 1.93 bits per heavy atom. The zero-order chi connectivity index (χ0) is 10.4. The van der Waals surface area contributed by atoms with Crippen LogP contribution in [-0.2, 0) is 9.53 Å². The van der Waals surface area contributed by atoms with Gasteiger partial charge in [-0.2, -0.15) is 0 Å². The highest BCUT2D eigenvalue weighted by Gasteiger charge is 2.30. The quantitative estimate of drug-likeness (QED) is 0.761. The van der Waals surface area contributed by atoms with Crippen LogP contribution in [0.5, 0.6) is 0 Å². The molecule has 0 atom stereocenters. The average molecular weight is 236 g/mol. The second-order valence-electron chi connectivity index (χ2n) is 4.34. The maximum Gasteiger partial charge on any atom is 0.305 e. The fourth-order valence-corrected chi connectivity index (χ4v) is 2.33. The van der Waals surface area contributed by atoms with E-state index in [9.17, 15) is 4.79 Å². The molecular weight excluding hydrogens is 214 g/mol. The number of carbonyl (C=O) groups excluding carboxylic acids is 1. The molecule has 0 aromatic carbocycles. The van der Waals surface area contributed by atoms with Crippen LogP contribution in [-0.4, -0.2) is 19.6 Å². The molecule has 1 rings (SSSR count). The van der Waals surface area contributed by atoms with E-state index in [-0.39, 0.29) is 23.8 Å². The van der Waals surface area contributed by atoms with Crippen molar-refractivity contribution in [2.45, 2.75) is 44.9 Å². The molecule has 1 aliphatic carbocycles. The third kappa shape index (κ3) is 4.39. The highest BCUT2D eigenvalue weighted by Crippen LogP contribution is 2.39. The molecule has 1 saturated carbocycles. The topological polar surface area (TPSA) is 52.3 Å². The molecule has 1 fully saturated rings. The smallest absolute Gasteiger partial charge is 0.305 e. The summed E-state index contributed by atoms with van der Waals surface area (Å²) in [6, 6.07) is 0. The Kier molecular flexibility index (Phi) is 6.94. The summed E-state index contributed by atoms with van der Waals surface area (Å²) in [7, 11) is 1.44. The predicted molar refractivity (Wildman–Crippen MR) is 63.1 cm³/mol. The van der Waals surface area contributed by atoms with E-state index in [0.717, 1.165) is 6.42 Å². The Labute approximate surface area is 98.2 Å². The van der Waals surface area contributed by atoms with Crippen molar-refractivity contribution in [1.29, 1.82) is 0 Å². The van der Waals surface area contributed by atoms with Crippen molar-refractivity contribution in [2.24, 2.45) is 11.1 Å². The first-order valence-electron chi connectivity index (χ1n) is 5.49. The largest absolute Gasteiger partial charge is 0.469 e. The monoisotopic (exact) mass is 235 g/mol. The van der Waals surface area contributed by atoms with Crippen molar-refractivity contribution >= 4 is 18.4 Å². The molecule has 0 spiro atoms. The summed E-state index contributed by atoms with van der Waals surface area (Å²) in [5.41, 5.74) is 6.04. The normalized spacial score (nSPS) is 19.1. The van der Waals surface area contributed by atoms with Gasteiger partial charge in [-0.15, -0.1) is 12.4 Å². The lowest BCUT2D eigenvalue weighted by Crippen LogP contribution is -2.33. The first kappa shape index (κ1) is 14.7. The van der Waals surface area contributed by atoms with Crippen LogP contribution in [0.4, 0.5) is 0 Å². The van der Waals surface area contributed by atoms with Crippen LogP contribution in [0.3, 0.4) is 0 Å². The number of hydrogen-bond acceptors (Lipinski definition) is 3. The SMILES string of the molecule is COC(=O)CCC1(CN)CCCCC1.Cl. The summed E-state index contributed by atoms with van der Waals surface area (Å²) >= 11 is 0. The number of rotatable bonds is 4. The van der Waals surface area contributed by atoms with Gasteiger partial charge in [-0.1, -0.05) is 19.3 Å². The second kappa shape index (κ2) is 7.07. The zero-order valence-electron chi connectivity index (χ0n) is 9.46. The molecule has 15 heavy (non-hydrogen) atoms. The fraction of sp³-hybridized carbons (Fsp3) is 0.909. The van der Waals surface area contributed by atoms with Gasteiger partial charge >= 0.3 is 5.97 Å². The van der Waals surface area contributed by atoms with E-state index in [1.54, 1.807) is 0 Å². The molecular formula is C11H22ClNO2. The third-order valence-electron chi connectivity index (χ3n) is 3.43. The van der Waals surface area contributed by atoms with Gasteiger partial charge < -0.3 is 10.5 Å². The van der Waals surface area contributed by atoms with E-state index < -0.39 is 0 Å². The minimum atomic E-state index is -0.108. The average Bonchev–Trinajstić information content (AvgIpc) is 2.27.